The van der Waals surface area contributed by atoms with Crippen molar-refractivity contribution in [3.63, 3.8) is 0 Å². The minimum Gasteiger partial charge on any atom is -0.423 e. The Hall–Kier alpha value is -4.55. The highest BCUT2D eigenvalue weighted by Crippen LogP contribution is 2.41. The highest BCUT2D eigenvalue weighted by atomic mass is 32.1. The second-order valence-electron chi connectivity index (χ2n) is 9.29. The number of thiazole rings is 1. The molecular weight excluding hydrogens is 502 g/mol. The summed E-state index contributed by atoms with van der Waals surface area (Å²) in [5.41, 5.74) is 5.85. The molecule has 1 atom stereocenters. The molecule has 6 heteroatoms. The molecule has 6 rings (SSSR count). The monoisotopic (exact) mass is 529 g/mol. The van der Waals surface area contributed by atoms with Crippen LogP contribution in [0.1, 0.15) is 45.7 Å². The van der Waals surface area contributed by atoms with Gasteiger partial charge in [-0.25, -0.2) is 14.8 Å². The molecule has 1 aromatic heterocycles. The van der Waals surface area contributed by atoms with Gasteiger partial charge in [-0.05, 0) is 53.9 Å². The van der Waals surface area contributed by atoms with Gasteiger partial charge in [0.1, 0.15) is 5.75 Å². The van der Waals surface area contributed by atoms with E-state index in [9.17, 15) is 4.79 Å². The number of esters is 1. The van der Waals surface area contributed by atoms with E-state index >= 15 is 0 Å². The lowest BCUT2D eigenvalue weighted by Gasteiger charge is -2.21. The van der Waals surface area contributed by atoms with Crippen LogP contribution < -0.4 is 9.75 Å². The van der Waals surface area contributed by atoms with Gasteiger partial charge in [0.25, 0.3) is 0 Å². The Bertz CT molecular complexity index is 1600. The molecule has 0 amide bonds. The molecule has 1 aliphatic heterocycles. The lowest BCUT2D eigenvalue weighted by Crippen LogP contribution is -2.18. The molecule has 5 aromatic rings. The Labute approximate surface area is 232 Å². The Morgan fingerprint density at radius 2 is 1.49 bits per heavy atom. The van der Waals surface area contributed by atoms with Crippen LogP contribution in [0.25, 0.3) is 11.3 Å². The van der Waals surface area contributed by atoms with Crippen LogP contribution in [0.5, 0.6) is 5.75 Å². The fourth-order valence-corrected chi connectivity index (χ4v) is 5.77. The summed E-state index contributed by atoms with van der Waals surface area (Å²) in [4.78, 5) is 18.7. The summed E-state index contributed by atoms with van der Waals surface area (Å²) in [5.74, 6) is 0.128. The second-order valence-corrected chi connectivity index (χ2v) is 10.4. The van der Waals surface area contributed by atoms with Crippen molar-refractivity contribution in [2.24, 2.45) is 5.10 Å². The van der Waals surface area contributed by atoms with Crippen LogP contribution >= 0.6 is 11.3 Å². The number of hydrogen-bond donors (Lipinski definition) is 0. The van der Waals surface area contributed by atoms with Crippen molar-refractivity contribution >= 4 is 28.1 Å². The first-order valence-corrected chi connectivity index (χ1v) is 13.9. The summed E-state index contributed by atoms with van der Waals surface area (Å²) in [6.07, 6.45) is 1.67. The third-order valence-corrected chi connectivity index (χ3v) is 7.94. The predicted octanol–water partition coefficient (Wildman–Crippen LogP) is 7.95. The molecular formula is C33H27N3O2S. The summed E-state index contributed by atoms with van der Waals surface area (Å²) in [6.45, 7) is 2.15. The molecule has 0 saturated heterocycles. The maximum atomic E-state index is 12.4. The number of aryl methyl sites for hydroxylation is 1. The molecule has 0 aliphatic carbocycles. The highest BCUT2D eigenvalue weighted by molar-refractivity contribution is 7.16. The first kappa shape index (κ1) is 24.8. The Kier molecular flexibility index (Phi) is 7.02. The van der Waals surface area contributed by atoms with Crippen LogP contribution in [0, 0.1) is 0 Å². The van der Waals surface area contributed by atoms with Crippen molar-refractivity contribution in [1.82, 2.24) is 4.98 Å². The zero-order valence-corrected chi connectivity index (χ0v) is 22.3. The van der Waals surface area contributed by atoms with Crippen LogP contribution in [0.4, 0.5) is 5.13 Å². The summed E-state index contributed by atoms with van der Waals surface area (Å²) < 4.78 is 5.57. The van der Waals surface area contributed by atoms with Crippen LogP contribution in [-0.2, 0) is 6.42 Å². The number of nitrogens with zero attached hydrogens (tertiary/aromatic N) is 3. The number of hydrogen-bond acceptors (Lipinski definition) is 6. The molecule has 0 spiro atoms. The molecule has 1 aliphatic rings. The lowest BCUT2D eigenvalue weighted by atomic mass is 9.99. The number of hydrazone groups is 1. The maximum Gasteiger partial charge on any atom is 0.343 e. The van der Waals surface area contributed by atoms with Crippen molar-refractivity contribution in [2.45, 2.75) is 25.8 Å². The van der Waals surface area contributed by atoms with E-state index in [-0.39, 0.29) is 12.0 Å². The van der Waals surface area contributed by atoms with Gasteiger partial charge in [-0.2, -0.15) is 5.10 Å². The molecule has 0 unspecified atom stereocenters. The molecule has 0 saturated carbocycles. The first-order chi connectivity index (χ1) is 19.2. The van der Waals surface area contributed by atoms with E-state index in [1.54, 1.807) is 23.5 Å². The number of ether oxygens (including phenoxy) is 1. The fourth-order valence-electron chi connectivity index (χ4n) is 4.75. The normalized spacial score (nSPS) is 14.7. The molecule has 0 N–H and O–H groups in total. The van der Waals surface area contributed by atoms with Crippen molar-refractivity contribution < 1.29 is 9.53 Å². The Balaban J connectivity index is 1.30. The van der Waals surface area contributed by atoms with Crippen molar-refractivity contribution in [2.75, 3.05) is 5.01 Å². The Morgan fingerprint density at radius 3 is 2.15 bits per heavy atom. The number of carbonyl (C=O) groups is 1. The molecule has 5 nitrogen and oxygen atoms in total. The van der Waals surface area contributed by atoms with Crippen LogP contribution in [0.2, 0.25) is 0 Å². The predicted molar refractivity (Wildman–Crippen MR) is 158 cm³/mol. The zero-order valence-electron chi connectivity index (χ0n) is 21.5. The topological polar surface area (TPSA) is 54.8 Å². The molecule has 0 fully saturated rings. The van der Waals surface area contributed by atoms with Gasteiger partial charge >= 0.3 is 5.97 Å². The molecule has 0 radical (unpaired) electrons. The molecule has 0 bridgehead atoms. The molecule has 4 aromatic carbocycles. The Morgan fingerprint density at radius 1 is 0.846 bits per heavy atom. The van der Waals surface area contributed by atoms with E-state index in [2.05, 4.69) is 60.5 Å². The average molecular weight is 530 g/mol. The molecule has 2 heterocycles. The minimum absolute atomic E-state index is 0.0740. The van der Waals surface area contributed by atoms with Gasteiger partial charge in [-0.15, -0.1) is 0 Å². The van der Waals surface area contributed by atoms with E-state index < -0.39 is 0 Å². The number of carbonyl (C=O) groups excluding carboxylic acids is 1. The summed E-state index contributed by atoms with van der Waals surface area (Å²) in [6, 6.07) is 37.5. The average Bonchev–Trinajstić information content (AvgIpc) is 3.64. The first-order valence-electron chi connectivity index (χ1n) is 13.0. The van der Waals surface area contributed by atoms with E-state index in [0.717, 1.165) is 40.5 Å². The number of aromatic nitrogens is 1. The van der Waals surface area contributed by atoms with E-state index in [1.807, 2.05) is 54.6 Å². The van der Waals surface area contributed by atoms with Crippen molar-refractivity contribution in [3.8, 4) is 17.0 Å². The van der Waals surface area contributed by atoms with Crippen molar-refractivity contribution in [3.05, 3.63) is 137 Å². The number of anilines is 1. The second kappa shape index (κ2) is 11.1. The van der Waals surface area contributed by atoms with Crippen LogP contribution in [0.15, 0.2) is 120 Å². The summed E-state index contributed by atoms with van der Waals surface area (Å²) in [7, 11) is 0. The highest BCUT2D eigenvalue weighted by Gasteiger charge is 2.32. The van der Waals surface area contributed by atoms with Crippen molar-refractivity contribution in [1.29, 1.82) is 0 Å². The SMILES string of the molecule is CCc1sc(N2N=C(c3ccccc3)C[C@@H]2c2ccccc2)nc1-c1ccc(OC(=O)c2ccccc2)cc1. The van der Waals surface area contributed by atoms with E-state index in [0.29, 0.717) is 11.3 Å². The van der Waals surface area contributed by atoms with Gasteiger partial charge in [0.2, 0.25) is 5.13 Å². The number of rotatable bonds is 7. The van der Waals surface area contributed by atoms with E-state index in [1.165, 1.54) is 10.4 Å². The van der Waals surface area contributed by atoms with Crippen LogP contribution in [0.3, 0.4) is 0 Å². The maximum absolute atomic E-state index is 12.4. The van der Waals surface area contributed by atoms with Gasteiger partial charge in [0, 0.05) is 16.9 Å². The molecule has 39 heavy (non-hydrogen) atoms. The van der Waals surface area contributed by atoms with Gasteiger partial charge < -0.3 is 4.74 Å². The zero-order chi connectivity index (χ0) is 26.6. The minimum atomic E-state index is -0.374. The van der Waals surface area contributed by atoms with Gasteiger partial charge in [-0.3, -0.25) is 0 Å². The van der Waals surface area contributed by atoms with E-state index in [4.69, 9.17) is 14.8 Å². The van der Waals surface area contributed by atoms with Crippen LogP contribution in [-0.4, -0.2) is 16.7 Å². The van der Waals surface area contributed by atoms with Gasteiger partial charge in [0.05, 0.1) is 23.0 Å². The fraction of sp³-hybridized carbons (Fsp3) is 0.121. The summed E-state index contributed by atoms with van der Waals surface area (Å²) in [5, 5.41) is 8.05. The third-order valence-electron chi connectivity index (χ3n) is 6.75. The lowest BCUT2D eigenvalue weighted by molar-refractivity contribution is 0.0735. The van der Waals surface area contributed by atoms with Gasteiger partial charge in [-0.1, -0.05) is 97.1 Å². The quantitative estimate of drug-likeness (QED) is 0.159. The smallest absolute Gasteiger partial charge is 0.343 e. The third kappa shape index (κ3) is 5.24. The largest absolute Gasteiger partial charge is 0.423 e. The number of benzene rings is 4. The molecule has 192 valence electrons. The standard InChI is InChI=1S/C33H27N3O2S/c1-2-30-31(25-18-20-27(21-19-25)38-32(37)26-16-10-5-11-17-26)34-33(39-30)36-29(24-14-8-4-9-15-24)22-28(35-36)23-12-6-3-7-13-23/h3-21,29H,2,22H2,1H3/t29-/m1/s1. The van der Waals surface area contributed by atoms with Gasteiger partial charge in [0.15, 0.2) is 0 Å². The summed E-state index contributed by atoms with van der Waals surface area (Å²) >= 11 is 1.68.